The molecule has 2 heterocycles. The molecule has 0 unspecified atom stereocenters. The SMILES string of the molecule is Cn1nc2n(c1=O)CCN(S(=O)(=O)F)C2. The van der Waals surface area contributed by atoms with Crippen LogP contribution in [-0.2, 0) is 30.5 Å². The quantitative estimate of drug-likeness (QED) is 0.562. The molecule has 9 heteroatoms. The summed E-state index contributed by atoms with van der Waals surface area (Å²) < 4.78 is 37.0. The van der Waals surface area contributed by atoms with Gasteiger partial charge in [-0.3, -0.25) is 4.57 Å². The molecule has 1 aromatic heterocycles. The minimum atomic E-state index is -4.70. The monoisotopic (exact) mass is 236 g/mol. The molecule has 0 aromatic carbocycles. The number of halogens is 1. The smallest absolute Gasteiger partial charge is 0.276 e. The van der Waals surface area contributed by atoms with Crippen molar-refractivity contribution in [2.24, 2.45) is 7.05 Å². The van der Waals surface area contributed by atoms with Crippen LogP contribution in [-0.4, -0.2) is 33.6 Å². The van der Waals surface area contributed by atoms with Crippen molar-refractivity contribution in [2.45, 2.75) is 13.1 Å². The number of aryl methyl sites for hydroxylation is 1. The first-order chi connectivity index (χ1) is 6.89. The third-order valence-electron chi connectivity index (χ3n) is 2.28. The summed E-state index contributed by atoms with van der Waals surface area (Å²) in [5.74, 6) is 0.259. The molecule has 0 saturated carbocycles. The van der Waals surface area contributed by atoms with Crippen LogP contribution >= 0.6 is 0 Å². The molecule has 0 N–H and O–H groups in total. The predicted octanol–water partition coefficient (Wildman–Crippen LogP) is -1.39. The molecular weight excluding hydrogens is 227 g/mol. The lowest BCUT2D eigenvalue weighted by Crippen LogP contribution is -2.39. The molecular formula is C6H9FN4O3S. The summed E-state index contributed by atoms with van der Waals surface area (Å²) in [6.07, 6.45) is 0. The van der Waals surface area contributed by atoms with E-state index in [1.54, 1.807) is 0 Å². The molecule has 0 bridgehead atoms. The summed E-state index contributed by atoms with van der Waals surface area (Å²) >= 11 is 0. The molecule has 2 rings (SSSR count). The van der Waals surface area contributed by atoms with E-state index in [2.05, 4.69) is 5.10 Å². The van der Waals surface area contributed by atoms with Gasteiger partial charge in [0.2, 0.25) is 0 Å². The number of nitrogens with zero attached hydrogens (tertiary/aromatic N) is 4. The van der Waals surface area contributed by atoms with Gasteiger partial charge in [-0.2, -0.15) is 17.8 Å². The highest BCUT2D eigenvalue weighted by Crippen LogP contribution is 2.12. The van der Waals surface area contributed by atoms with E-state index in [9.17, 15) is 17.1 Å². The Kier molecular flexibility index (Phi) is 2.15. The van der Waals surface area contributed by atoms with E-state index in [0.717, 1.165) is 4.68 Å². The lowest BCUT2D eigenvalue weighted by molar-refractivity contribution is 0.316. The largest absolute Gasteiger partial charge is 0.375 e. The van der Waals surface area contributed by atoms with Crippen molar-refractivity contribution in [3.05, 3.63) is 16.3 Å². The van der Waals surface area contributed by atoms with Gasteiger partial charge in [-0.05, 0) is 0 Å². The van der Waals surface area contributed by atoms with Crippen LogP contribution in [0.5, 0.6) is 0 Å². The Hall–Kier alpha value is -1.22. The van der Waals surface area contributed by atoms with Crippen LogP contribution in [0.25, 0.3) is 0 Å². The summed E-state index contributed by atoms with van der Waals surface area (Å²) in [5, 5.41) is 3.81. The number of fused-ring (bicyclic) bond motifs is 1. The zero-order chi connectivity index (χ0) is 11.2. The zero-order valence-electron chi connectivity index (χ0n) is 7.92. The Morgan fingerprint density at radius 2 is 2.07 bits per heavy atom. The van der Waals surface area contributed by atoms with Crippen molar-refractivity contribution >= 4 is 10.4 Å². The van der Waals surface area contributed by atoms with E-state index in [1.165, 1.54) is 11.6 Å². The summed E-state index contributed by atoms with van der Waals surface area (Å²) in [7, 11) is -3.24. The van der Waals surface area contributed by atoms with Gasteiger partial charge in [0.05, 0.1) is 6.54 Å². The molecule has 0 aliphatic carbocycles. The zero-order valence-corrected chi connectivity index (χ0v) is 8.74. The summed E-state index contributed by atoms with van der Waals surface area (Å²) in [5.41, 5.74) is -0.319. The van der Waals surface area contributed by atoms with E-state index >= 15 is 0 Å². The van der Waals surface area contributed by atoms with Crippen LogP contribution in [0.2, 0.25) is 0 Å². The Labute approximate surface area is 85.1 Å². The number of hydrogen-bond acceptors (Lipinski definition) is 4. The topological polar surface area (TPSA) is 77.2 Å². The van der Waals surface area contributed by atoms with E-state index in [1.807, 2.05) is 0 Å². The number of rotatable bonds is 1. The van der Waals surface area contributed by atoms with Gasteiger partial charge in [-0.15, -0.1) is 0 Å². The first-order valence-electron chi connectivity index (χ1n) is 4.22. The van der Waals surface area contributed by atoms with E-state index in [4.69, 9.17) is 0 Å². The highest BCUT2D eigenvalue weighted by Gasteiger charge is 2.28. The fourth-order valence-corrected chi connectivity index (χ4v) is 2.10. The third kappa shape index (κ3) is 1.67. The van der Waals surface area contributed by atoms with Crippen molar-refractivity contribution in [3.8, 4) is 0 Å². The molecule has 0 amide bonds. The van der Waals surface area contributed by atoms with Crippen LogP contribution in [0.3, 0.4) is 0 Å². The Balaban J connectivity index is 2.40. The number of aromatic nitrogens is 3. The van der Waals surface area contributed by atoms with Gasteiger partial charge in [0, 0.05) is 20.1 Å². The van der Waals surface area contributed by atoms with Crippen molar-refractivity contribution < 1.29 is 12.3 Å². The summed E-state index contributed by atoms with van der Waals surface area (Å²) in [4.78, 5) is 11.4. The molecule has 1 aromatic rings. The van der Waals surface area contributed by atoms with Gasteiger partial charge in [0.25, 0.3) is 0 Å². The molecule has 1 aliphatic heterocycles. The van der Waals surface area contributed by atoms with Crippen molar-refractivity contribution in [2.75, 3.05) is 6.54 Å². The molecule has 84 valence electrons. The van der Waals surface area contributed by atoms with Crippen LogP contribution < -0.4 is 5.69 Å². The minimum Gasteiger partial charge on any atom is -0.276 e. The van der Waals surface area contributed by atoms with Gasteiger partial charge >= 0.3 is 16.1 Å². The summed E-state index contributed by atoms with van der Waals surface area (Å²) in [6, 6.07) is 0. The average molecular weight is 236 g/mol. The summed E-state index contributed by atoms with van der Waals surface area (Å²) in [6.45, 7) is -0.114. The van der Waals surface area contributed by atoms with Gasteiger partial charge in [0.15, 0.2) is 0 Å². The van der Waals surface area contributed by atoms with Crippen LogP contribution in [0.4, 0.5) is 3.89 Å². The number of hydrogen-bond donors (Lipinski definition) is 0. The molecule has 0 saturated heterocycles. The van der Waals surface area contributed by atoms with Crippen LogP contribution in [0.1, 0.15) is 5.82 Å². The molecule has 0 fully saturated rings. The maximum absolute atomic E-state index is 12.7. The van der Waals surface area contributed by atoms with E-state index in [-0.39, 0.29) is 31.1 Å². The molecule has 1 aliphatic rings. The molecule has 0 radical (unpaired) electrons. The Morgan fingerprint density at radius 3 is 2.67 bits per heavy atom. The Bertz CT molecular complexity index is 545. The minimum absolute atomic E-state index is 0.0442. The highest BCUT2D eigenvalue weighted by atomic mass is 32.3. The van der Waals surface area contributed by atoms with Gasteiger partial charge < -0.3 is 0 Å². The highest BCUT2D eigenvalue weighted by molar-refractivity contribution is 7.83. The maximum Gasteiger partial charge on any atom is 0.375 e. The van der Waals surface area contributed by atoms with Crippen molar-refractivity contribution in [1.29, 1.82) is 0 Å². The predicted molar refractivity (Wildman–Crippen MR) is 47.9 cm³/mol. The average Bonchev–Trinajstić information content (AvgIpc) is 2.41. The lowest BCUT2D eigenvalue weighted by atomic mass is 10.4. The van der Waals surface area contributed by atoms with Crippen molar-refractivity contribution in [3.63, 3.8) is 0 Å². The second-order valence-electron chi connectivity index (χ2n) is 3.25. The Morgan fingerprint density at radius 1 is 1.40 bits per heavy atom. The van der Waals surface area contributed by atoms with E-state index in [0.29, 0.717) is 4.31 Å². The first kappa shape index (κ1) is 10.3. The van der Waals surface area contributed by atoms with Crippen LogP contribution in [0.15, 0.2) is 4.79 Å². The molecule has 15 heavy (non-hydrogen) atoms. The first-order valence-corrected chi connectivity index (χ1v) is 5.56. The fraction of sp³-hybridized carbons (Fsp3) is 0.667. The second-order valence-corrected chi connectivity index (χ2v) is 4.59. The van der Waals surface area contributed by atoms with Gasteiger partial charge in [-0.25, -0.2) is 9.48 Å². The second kappa shape index (κ2) is 3.14. The fourth-order valence-electron chi connectivity index (χ4n) is 1.53. The standard InChI is InChI=1S/C6H9FN4O3S/c1-9-6(12)11-3-2-10(15(7,13)14)4-5(11)8-9/h2-4H2,1H3. The normalized spacial score (nSPS) is 17.7. The lowest BCUT2D eigenvalue weighted by Gasteiger charge is -2.21. The van der Waals surface area contributed by atoms with Crippen LogP contribution in [0, 0.1) is 0 Å². The van der Waals surface area contributed by atoms with E-state index < -0.39 is 10.4 Å². The molecule has 7 nitrogen and oxygen atoms in total. The molecule has 0 spiro atoms. The van der Waals surface area contributed by atoms with Crippen molar-refractivity contribution in [1.82, 2.24) is 18.7 Å². The third-order valence-corrected chi connectivity index (χ3v) is 3.21. The maximum atomic E-state index is 12.7. The van der Waals surface area contributed by atoms with Gasteiger partial charge in [-0.1, -0.05) is 3.89 Å². The van der Waals surface area contributed by atoms with Gasteiger partial charge in [0.1, 0.15) is 5.82 Å². The molecule has 0 atom stereocenters.